The van der Waals surface area contributed by atoms with Crippen molar-refractivity contribution < 1.29 is 41.8 Å². The van der Waals surface area contributed by atoms with Gasteiger partial charge in [-0.15, -0.1) is 0 Å². The number of carboxylic acids is 1. The van der Waals surface area contributed by atoms with E-state index in [4.69, 9.17) is 11.6 Å². The summed E-state index contributed by atoms with van der Waals surface area (Å²) < 4.78 is 58.8. The standard InChI is InChI=1S/C34H29ClF4N4O5/c1-17-13-26-23(15-41(17)30(44)19-5-11-25(35)22(14-19)29(36)37)28-31(45)42(16-27(32(46)47)43(28)40-26)34(12-2-3-18-4-10-24(18)34)20-6-8-21(9-7-20)48-33(38)39/h2-3,5-9,11-12,14,17,24,27,29,33H,4,10,13,15-16H2,1H3,(H,46,47)/t17-,24?,27+,34-/m1/s1. The molecule has 4 atom stereocenters. The molecule has 1 fully saturated rings. The molecule has 2 aromatic carbocycles. The summed E-state index contributed by atoms with van der Waals surface area (Å²) in [7, 11) is 0. The lowest BCUT2D eigenvalue weighted by Crippen LogP contribution is -2.60. The molecular formula is C34H29ClF4N4O5. The minimum Gasteiger partial charge on any atom is -0.480 e. The van der Waals surface area contributed by atoms with Gasteiger partial charge in [-0.2, -0.15) is 13.9 Å². The molecule has 1 aromatic heterocycles. The van der Waals surface area contributed by atoms with E-state index in [-0.39, 0.29) is 47.5 Å². The van der Waals surface area contributed by atoms with Crippen molar-refractivity contribution in [2.24, 2.45) is 5.92 Å². The van der Waals surface area contributed by atoms with Crippen LogP contribution in [-0.2, 0) is 23.3 Å². The van der Waals surface area contributed by atoms with Gasteiger partial charge >= 0.3 is 12.6 Å². The first-order valence-corrected chi connectivity index (χ1v) is 15.8. The molecule has 0 radical (unpaired) electrons. The number of nitrogens with zero attached hydrogens (tertiary/aromatic N) is 4. The van der Waals surface area contributed by atoms with Crippen LogP contribution in [0.2, 0.25) is 5.02 Å². The van der Waals surface area contributed by atoms with Gasteiger partial charge in [-0.1, -0.05) is 47.5 Å². The SMILES string of the molecule is C[C@@H]1Cc2nn3c(c2CN1C(=O)c1ccc(Cl)c(C(F)F)c1)C(=O)N([C@@]1(c2ccc(OC(F)F)cc2)C=CC=C2CCC21)C[C@H]3C(=O)O. The number of carbonyl (C=O) groups is 3. The largest absolute Gasteiger partial charge is 0.480 e. The van der Waals surface area contributed by atoms with E-state index in [0.717, 1.165) is 18.1 Å². The zero-order valence-corrected chi connectivity index (χ0v) is 26.2. The molecule has 9 nitrogen and oxygen atoms in total. The Balaban J connectivity index is 1.31. The molecule has 2 aliphatic carbocycles. The lowest BCUT2D eigenvalue weighted by molar-refractivity contribution is -0.142. The molecule has 1 unspecified atom stereocenters. The topological polar surface area (TPSA) is 105 Å². The van der Waals surface area contributed by atoms with Gasteiger partial charge in [0.2, 0.25) is 0 Å². The molecule has 3 heterocycles. The second-order valence-electron chi connectivity index (χ2n) is 12.4. The molecular weight excluding hydrogens is 656 g/mol. The van der Waals surface area contributed by atoms with Gasteiger partial charge in [0.1, 0.15) is 11.4 Å². The monoisotopic (exact) mass is 684 g/mol. The number of allylic oxidation sites excluding steroid dienone is 2. The van der Waals surface area contributed by atoms with Gasteiger partial charge in [-0.25, -0.2) is 18.3 Å². The summed E-state index contributed by atoms with van der Waals surface area (Å²) in [5.74, 6) is -2.52. The number of carboxylic acid groups (broad SMARTS) is 1. The number of hydrogen-bond acceptors (Lipinski definition) is 5. The van der Waals surface area contributed by atoms with Gasteiger partial charge in [-0.3, -0.25) is 9.59 Å². The third-order valence-corrected chi connectivity index (χ3v) is 10.3. The third kappa shape index (κ3) is 4.97. The highest BCUT2D eigenvalue weighted by atomic mass is 35.5. The molecule has 4 aliphatic rings. The van der Waals surface area contributed by atoms with Crippen LogP contribution < -0.4 is 4.74 Å². The van der Waals surface area contributed by atoms with E-state index in [0.29, 0.717) is 23.2 Å². The first-order chi connectivity index (χ1) is 22.9. The maximum Gasteiger partial charge on any atom is 0.387 e. The van der Waals surface area contributed by atoms with Crippen molar-refractivity contribution in [2.45, 2.75) is 63.4 Å². The van der Waals surface area contributed by atoms with Crippen LogP contribution in [0.4, 0.5) is 17.6 Å². The van der Waals surface area contributed by atoms with Crippen molar-refractivity contribution >= 4 is 29.4 Å². The van der Waals surface area contributed by atoms with Crippen molar-refractivity contribution in [2.75, 3.05) is 6.54 Å². The number of fused-ring (bicyclic) bond motifs is 4. The Hall–Kier alpha value is -4.65. The van der Waals surface area contributed by atoms with E-state index in [1.165, 1.54) is 38.7 Å². The van der Waals surface area contributed by atoms with Crippen molar-refractivity contribution in [1.29, 1.82) is 0 Å². The van der Waals surface area contributed by atoms with Crippen LogP contribution in [0.5, 0.6) is 5.75 Å². The zero-order valence-electron chi connectivity index (χ0n) is 25.5. The summed E-state index contributed by atoms with van der Waals surface area (Å²) >= 11 is 5.93. The molecule has 0 spiro atoms. The maximum atomic E-state index is 14.8. The number of aromatic nitrogens is 2. The minimum atomic E-state index is -3.02. The summed E-state index contributed by atoms with van der Waals surface area (Å²) in [6.45, 7) is -1.60. The lowest BCUT2D eigenvalue weighted by atomic mass is 9.61. The van der Waals surface area contributed by atoms with Crippen LogP contribution in [-0.4, -0.2) is 61.7 Å². The molecule has 0 bridgehead atoms. The predicted molar refractivity (Wildman–Crippen MR) is 164 cm³/mol. The second kappa shape index (κ2) is 11.8. The molecule has 14 heteroatoms. The van der Waals surface area contributed by atoms with Gasteiger partial charge in [0.25, 0.3) is 18.2 Å². The molecule has 1 saturated carbocycles. The smallest absolute Gasteiger partial charge is 0.387 e. The number of hydrogen-bond donors (Lipinski definition) is 1. The van der Waals surface area contributed by atoms with E-state index in [1.54, 1.807) is 19.1 Å². The highest BCUT2D eigenvalue weighted by Crippen LogP contribution is 2.54. The molecule has 2 amide bonds. The summed E-state index contributed by atoms with van der Waals surface area (Å²) in [5, 5.41) is 14.9. The average molecular weight is 685 g/mol. The van der Waals surface area contributed by atoms with E-state index in [9.17, 15) is 37.1 Å². The molecule has 2 aliphatic heterocycles. The van der Waals surface area contributed by atoms with E-state index in [1.807, 2.05) is 18.2 Å². The number of aliphatic carboxylic acids is 1. The summed E-state index contributed by atoms with van der Waals surface area (Å²) in [6.07, 6.45) is 4.42. The Morgan fingerprint density at radius 2 is 1.88 bits per heavy atom. The quantitative estimate of drug-likeness (QED) is 0.283. The average Bonchev–Trinajstić information content (AvgIpc) is 3.39. The highest BCUT2D eigenvalue weighted by Gasteiger charge is 2.55. The number of alkyl halides is 4. The maximum absolute atomic E-state index is 14.8. The second-order valence-corrected chi connectivity index (χ2v) is 12.8. The fraction of sp³-hybridized carbons (Fsp3) is 0.353. The number of benzene rings is 2. The normalized spacial score (nSPS) is 24.5. The molecule has 3 aromatic rings. The highest BCUT2D eigenvalue weighted by molar-refractivity contribution is 6.31. The van der Waals surface area contributed by atoms with Gasteiger partial charge in [0, 0.05) is 40.1 Å². The van der Waals surface area contributed by atoms with Gasteiger partial charge in [0.15, 0.2) is 6.04 Å². The van der Waals surface area contributed by atoms with Crippen molar-refractivity contribution in [3.63, 3.8) is 0 Å². The minimum absolute atomic E-state index is 0.00253. The van der Waals surface area contributed by atoms with Crippen molar-refractivity contribution in [1.82, 2.24) is 19.6 Å². The zero-order chi connectivity index (χ0) is 34.1. The van der Waals surface area contributed by atoms with Gasteiger partial charge in [-0.05, 0) is 55.7 Å². The first kappa shape index (κ1) is 31.9. The Kier molecular flexibility index (Phi) is 7.85. The van der Waals surface area contributed by atoms with Crippen LogP contribution >= 0.6 is 11.6 Å². The fourth-order valence-corrected chi connectivity index (χ4v) is 7.69. The van der Waals surface area contributed by atoms with Crippen LogP contribution in [0.1, 0.15) is 75.5 Å². The number of amides is 2. The van der Waals surface area contributed by atoms with Crippen molar-refractivity contribution in [3.8, 4) is 5.75 Å². The first-order valence-electron chi connectivity index (χ1n) is 15.4. The van der Waals surface area contributed by atoms with E-state index >= 15 is 0 Å². The summed E-state index contributed by atoms with van der Waals surface area (Å²) in [4.78, 5) is 44.3. The predicted octanol–water partition coefficient (Wildman–Crippen LogP) is 6.55. The Morgan fingerprint density at radius 1 is 1.12 bits per heavy atom. The Bertz CT molecular complexity index is 1890. The Morgan fingerprint density at radius 3 is 2.52 bits per heavy atom. The third-order valence-electron chi connectivity index (χ3n) is 9.91. The Labute approximate surface area is 277 Å². The molecule has 1 N–H and O–H groups in total. The van der Waals surface area contributed by atoms with Crippen LogP contribution in [0.25, 0.3) is 0 Å². The summed E-state index contributed by atoms with van der Waals surface area (Å²) in [5.41, 5.74) is 0.918. The van der Waals surface area contributed by atoms with Crippen molar-refractivity contribution in [3.05, 3.63) is 105 Å². The van der Waals surface area contributed by atoms with Crippen LogP contribution in [0.3, 0.4) is 0 Å². The number of ether oxygens (including phenoxy) is 1. The van der Waals surface area contributed by atoms with Crippen LogP contribution in [0.15, 0.2) is 66.3 Å². The van der Waals surface area contributed by atoms with E-state index < -0.39 is 54.0 Å². The lowest BCUT2D eigenvalue weighted by Gasteiger charge is -2.54. The molecule has 250 valence electrons. The molecule has 48 heavy (non-hydrogen) atoms. The van der Waals surface area contributed by atoms with Gasteiger partial charge < -0.3 is 19.6 Å². The number of rotatable bonds is 7. The molecule has 0 saturated heterocycles. The van der Waals surface area contributed by atoms with Crippen LogP contribution in [0, 0.1) is 5.92 Å². The number of halogens is 5. The van der Waals surface area contributed by atoms with E-state index in [2.05, 4.69) is 9.84 Å². The summed E-state index contributed by atoms with van der Waals surface area (Å²) in [6, 6.07) is 7.93. The number of carbonyl (C=O) groups excluding carboxylic acids is 2. The van der Waals surface area contributed by atoms with Gasteiger partial charge in [0.05, 0.1) is 24.3 Å². The fourth-order valence-electron chi connectivity index (χ4n) is 7.49. The molecule has 7 rings (SSSR count).